The molecule has 0 aliphatic carbocycles. The van der Waals surface area contributed by atoms with Crippen LogP contribution in [-0.2, 0) is 16.1 Å². The summed E-state index contributed by atoms with van der Waals surface area (Å²) >= 11 is 1.20. The SMILES string of the molecule is CCCOC(=O)CCn1c(=O)sc2ccccc21. The van der Waals surface area contributed by atoms with Crippen LogP contribution >= 0.6 is 11.3 Å². The number of esters is 1. The highest BCUT2D eigenvalue weighted by Gasteiger charge is 2.09. The molecule has 5 heteroatoms. The van der Waals surface area contributed by atoms with Crippen molar-refractivity contribution in [3.05, 3.63) is 33.9 Å². The number of ether oxygens (including phenoxy) is 1. The highest BCUT2D eigenvalue weighted by atomic mass is 32.1. The van der Waals surface area contributed by atoms with Crippen LogP contribution in [0.1, 0.15) is 19.8 Å². The van der Waals surface area contributed by atoms with E-state index in [0.29, 0.717) is 13.2 Å². The molecule has 1 aromatic carbocycles. The van der Waals surface area contributed by atoms with Crippen molar-refractivity contribution in [1.82, 2.24) is 4.57 Å². The Bertz CT molecular complexity index is 600. The second-order valence-corrected chi connectivity index (χ2v) is 4.95. The maximum absolute atomic E-state index is 11.8. The molecule has 0 aliphatic rings. The minimum atomic E-state index is -0.251. The van der Waals surface area contributed by atoms with Gasteiger partial charge in [-0.25, -0.2) is 0 Å². The Balaban J connectivity index is 2.10. The van der Waals surface area contributed by atoms with Crippen molar-refractivity contribution < 1.29 is 9.53 Å². The summed E-state index contributed by atoms with van der Waals surface area (Å²) in [6.07, 6.45) is 1.05. The first-order valence-electron chi connectivity index (χ1n) is 5.96. The van der Waals surface area contributed by atoms with E-state index in [4.69, 9.17) is 4.74 Å². The fourth-order valence-electron chi connectivity index (χ4n) is 1.72. The second-order valence-electron chi connectivity index (χ2n) is 3.96. The molecule has 1 heterocycles. The Labute approximate surface area is 109 Å². The fraction of sp³-hybridized carbons (Fsp3) is 0.385. The van der Waals surface area contributed by atoms with E-state index in [1.165, 1.54) is 11.3 Å². The molecule has 0 saturated carbocycles. The van der Waals surface area contributed by atoms with Gasteiger partial charge in [-0.05, 0) is 18.6 Å². The highest BCUT2D eigenvalue weighted by molar-refractivity contribution is 7.16. The first kappa shape index (κ1) is 12.8. The van der Waals surface area contributed by atoms with Gasteiger partial charge < -0.3 is 4.74 Å². The van der Waals surface area contributed by atoms with Crippen LogP contribution in [0.25, 0.3) is 10.2 Å². The van der Waals surface area contributed by atoms with Crippen molar-refractivity contribution in [1.29, 1.82) is 0 Å². The molecule has 0 bridgehead atoms. The molecular formula is C13H15NO3S. The number of benzene rings is 1. The molecule has 96 valence electrons. The maximum Gasteiger partial charge on any atom is 0.308 e. The number of carbonyl (C=O) groups excluding carboxylic acids is 1. The summed E-state index contributed by atoms with van der Waals surface area (Å²) < 4.78 is 7.57. The van der Waals surface area contributed by atoms with Crippen LogP contribution in [0.15, 0.2) is 29.1 Å². The molecule has 1 aromatic heterocycles. The van der Waals surface area contributed by atoms with Crippen LogP contribution in [0.5, 0.6) is 0 Å². The molecule has 0 atom stereocenters. The van der Waals surface area contributed by atoms with Gasteiger partial charge in [0.1, 0.15) is 0 Å². The van der Waals surface area contributed by atoms with Gasteiger partial charge in [-0.3, -0.25) is 14.2 Å². The number of hydrogen-bond acceptors (Lipinski definition) is 4. The fourth-order valence-corrected chi connectivity index (χ4v) is 2.63. The third kappa shape index (κ3) is 2.79. The lowest BCUT2D eigenvalue weighted by molar-refractivity contribution is -0.143. The number of aryl methyl sites for hydroxylation is 1. The summed E-state index contributed by atoms with van der Waals surface area (Å²) in [4.78, 5) is 23.2. The molecule has 0 fully saturated rings. The van der Waals surface area contributed by atoms with Crippen molar-refractivity contribution in [3.63, 3.8) is 0 Å². The molecule has 0 N–H and O–H groups in total. The van der Waals surface area contributed by atoms with Crippen LogP contribution < -0.4 is 4.87 Å². The first-order chi connectivity index (χ1) is 8.72. The lowest BCUT2D eigenvalue weighted by Gasteiger charge is -2.04. The van der Waals surface area contributed by atoms with Gasteiger partial charge in [0.05, 0.1) is 23.2 Å². The van der Waals surface area contributed by atoms with Crippen molar-refractivity contribution in [2.24, 2.45) is 0 Å². The number of aromatic nitrogens is 1. The van der Waals surface area contributed by atoms with Crippen molar-refractivity contribution in [2.75, 3.05) is 6.61 Å². The van der Waals surface area contributed by atoms with Gasteiger partial charge in [0.15, 0.2) is 0 Å². The van der Waals surface area contributed by atoms with Gasteiger partial charge in [0.25, 0.3) is 0 Å². The molecule has 0 radical (unpaired) electrons. The molecule has 2 aromatic rings. The average molecular weight is 265 g/mol. The van der Waals surface area contributed by atoms with Gasteiger partial charge in [-0.1, -0.05) is 30.4 Å². The zero-order valence-electron chi connectivity index (χ0n) is 10.2. The first-order valence-corrected chi connectivity index (χ1v) is 6.78. The smallest absolute Gasteiger partial charge is 0.308 e. The molecule has 0 unspecified atom stereocenters. The van der Waals surface area contributed by atoms with E-state index >= 15 is 0 Å². The minimum Gasteiger partial charge on any atom is -0.466 e. The monoisotopic (exact) mass is 265 g/mol. The molecule has 0 saturated heterocycles. The van der Waals surface area contributed by atoms with Gasteiger partial charge in [-0.15, -0.1) is 0 Å². The molecule has 2 rings (SSSR count). The Hall–Kier alpha value is -1.62. The number of rotatable bonds is 5. The van der Waals surface area contributed by atoms with Crippen molar-refractivity contribution >= 4 is 27.5 Å². The molecule has 0 amide bonds. The van der Waals surface area contributed by atoms with E-state index in [1.54, 1.807) is 4.57 Å². The predicted octanol–water partition coefficient (Wildman–Crippen LogP) is 2.41. The summed E-state index contributed by atoms with van der Waals surface area (Å²) in [6.45, 7) is 2.77. The van der Waals surface area contributed by atoms with Gasteiger partial charge in [0.2, 0.25) is 0 Å². The van der Waals surface area contributed by atoms with E-state index in [2.05, 4.69) is 0 Å². The summed E-state index contributed by atoms with van der Waals surface area (Å²) in [7, 11) is 0. The average Bonchev–Trinajstić information content (AvgIpc) is 2.69. The summed E-state index contributed by atoms with van der Waals surface area (Å²) in [5.41, 5.74) is 0.885. The highest BCUT2D eigenvalue weighted by Crippen LogP contribution is 2.16. The number of carbonyl (C=O) groups is 1. The largest absolute Gasteiger partial charge is 0.466 e. The standard InChI is InChI=1S/C13H15NO3S/c1-2-9-17-12(15)7-8-14-10-5-3-4-6-11(10)18-13(14)16/h3-6H,2,7-9H2,1H3. The number of thiazole rings is 1. The van der Waals surface area contributed by atoms with Crippen LogP contribution in [-0.4, -0.2) is 17.1 Å². The zero-order chi connectivity index (χ0) is 13.0. The van der Waals surface area contributed by atoms with Gasteiger partial charge in [-0.2, -0.15) is 0 Å². The Morgan fingerprint density at radius 3 is 2.94 bits per heavy atom. The summed E-state index contributed by atoms with van der Waals surface area (Å²) in [5, 5.41) is 0. The zero-order valence-corrected chi connectivity index (χ0v) is 11.0. The normalized spacial score (nSPS) is 10.7. The minimum absolute atomic E-state index is 0.0282. The predicted molar refractivity (Wildman–Crippen MR) is 72.0 cm³/mol. The number of para-hydroxylation sites is 1. The quantitative estimate of drug-likeness (QED) is 0.780. The van der Waals surface area contributed by atoms with E-state index < -0.39 is 0 Å². The third-order valence-corrected chi connectivity index (χ3v) is 3.54. The van der Waals surface area contributed by atoms with E-state index in [0.717, 1.165) is 16.6 Å². The molecule has 18 heavy (non-hydrogen) atoms. The topological polar surface area (TPSA) is 48.3 Å². The number of fused-ring (bicyclic) bond motifs is 1. The Morgan fingerprint density at radius 1 is 1.39 bits per heavy atom. The lowest BCUT2D eigenvalue weighted by Crippen LogP contribution is -2.16. The number of hydrogen-bond donors (Lipinski definition) is 0. The van der Waals surface area contributed by atoms with Gasteiger partial charge in [0, 0.05) is 6.54 Å². The molecule has 0 spiro atoms. The molecule has 4 nitrogen and oxygen atoms in total. The van der Waals surface area contributed by atoms with Crippen molar-refractivity contribution in [3.8, 4) is 0 Å². The van der Waals surface area contributed by atoms with Crippen LogP contribution in [0, 0.1) is 0 Å². The molecular weight excluding hydrogens is 250 g/mol. The van der Waals surface area contributed by atoms with E-state index in [-0.39, 0.29) is 17.3 Å². The van der Waals surface area contributed by atoms with Crippen LogP contribution in [0.3, 0.4) is 0 Å². The number of nitrogens with zero attached hydrogens (tertiary/aromatic N) is 1. The maximum atomic E-state index is 11.8. The second kappa shape index (κ2) is 5.82. The lowest BCUT2D eigenvalue weighted by atomic mass is 10.3. The third-order valence-electron chi connectivity index (χ3n) is 2.58. The van der Waals surface area contributed by atoms with E-state index in [9.17, 15) is 9.59 Å². The Kier molecular flexibility index (Phi) is 4.15. The van der Waals surface area contributed by atoms with Crippen LogP contribution in [0.2, 0.25) is 0 Å². The Morgan fingerprint density at radius 2 is 2.17 bits per heavy atom. The molecule has 0 aliphatic heterocycles. The van der Waals surface area contributed by atoms with Crippen LogP contribution in [0.4, 0.5) is 0 Å². The summed E-state index contributed by atoms with van der Waals surface area (Å²) in [6, 6.07) is 7.59. The summed E-state index contributed by atoms with van der Waals surface area (Å²) in [5.74, 6) is -0.251. The van der Waals surface area contributed by atoms with Gasteiger partial charge >= 0.3 is 10.8 Å². The van der Waals surface area contributed by atoms with Crippen molar-refractivity contribution in [2.45, 2.75) is 26.3 Å². The van der Waals surface area contributed by atoms with E-state index in [1.807, 2.05) is 31.2 Å².